The Labute approximate surface area is 75.0 Å². The Kier molecular flexibility index (Phi) is 2.27. The summed E-state index contributed by atoms with van der Waals surface area (Å²) in [4.78, 5) is 22.0. The Bertz CT molecular complexity index is 239. The molecule has 0 aromatic heterocycles. The average Bonchev–Trinajstić information content (AvgIpc) is 2.70. The third kappa shape index (κ3) is 0.979. The fourth-order valence-corrected chi connectivity index (χ4v) is 1.47. The van der Waals surface area contributed by atoms with Gasteiger partial charge in [0.15, 0.2) is 0 Å². The van der Waals surface area contributed by atoms with Gasteiger partial charge in [0, 0.05) is 5.41 Å². The van der Waals surface area contributed by atoms with E-state index in [-0.39, 0.29) is 0 Å². The van der Waals surface area contributed by atoms with Gasteiger partial charge in [-0.05, 0) is 0 Å². The van der Waals surface area contributed by atoms with Crippen molar-refractivity contribution in [1.29, 1.82) is 0 Å². The van der Waals surface area contributed by atoms with Crippen molar-refractivity contribution in [1.82, 2.24) is 0 Å². The van der Waals surface area contributed by atoms with E-state index in [4.69, 9.17) is 15.3 Å². The van der Waals surface area contributed by atoms with Gasteiger partial charge in [-0.15, -0.1) is 0 Å². The summed E-state index contributed by atoms with van der Waals surface area (Å²) in [7, 11) is 0. The van der Waals surface area contributed by atoms with E-state index in [0.717, 1.165) is 0 Å². The van der Waals surface area contributed by atoms with Crippen LogP contribution in [0.4, 0.5) is 0 Å². The number of hydrogen-bond donors (Lipinski definition) is 3. The van der Waals surface area contributed by atoms with Crippen molar-refractivity contribution in [2.75, 3.05) is 19.8 Å². The molecule has 5 heteroatoms. The van der Waals surface area contributed by atoms with Crippen LogP contribution in [0.25, 0.3) is 0 Å². The monoisotopic (exact) mass is 188 g/mol. The van der Waals surface area contributed by atoms with Crippen molar-refractivity contribution < 1.29 is 24.9 Å². The summed E-state index contributed by atoms with van der Waals surface area (Å²) in [6.07, 6.45) is 0. The first-order chi connectivity index (χ1) is 6.00. The maximum absolute atomic E-state index is 11.0. The Morgan fingerprint density at radius 2 is 1.54 bits per heavy atom. The molecular weight excluding hydrogens is 176 g/mol. The third-order valence-electron chi connectivity index (χ3n) is 2.88. The Morgan fingerprint density at radius 1 is 1.15 bits per heavy atom. The molecular formula is C8H12O5. The summed E-state index contributed by atoms with van der Waals surface area (Å²) in [6.45, 7) is -0.280. The van der Waals surface area contributed by atoms with Crippen LogP contribution in [0.2, 0.25) is 0 Å². The number of carbonyl (C=O) groups excluding carboxylic acids is 2. The maximum Gasteiger partial charge on any atom is 0.216 e. The van der Waals surface area contributed by atoms with Gasteiger partial charge >= 0.3 is 0 Å². The van der Waals surface area contributed by atoms with E-state index in [2.05, 4.69) is 0 Å². The van der Waals surface area contributed by atoms with Crippen LogP contribution < -0.4 is 0 Å². The Balaban J connectivity index is 3.04. The number of rotatable bonds is 4. The lowest BCUT2D eigenvalue weighted by molar-refractivity contribution is -0.122. The molecule has 3 N–H and O–H groups in total. The summed E-state index contributed by atoms with van der Waals surface area (Å²) in [6, 6.07) is 0. The number of aliphatic hydroxyl groups excluding tert-OH is 3. The lowest BCUT2D eigenvalue weighted by Crippen LogP contribution is -2.41. The molecule has 0 spiro atoms. The van der Waals surface area contributed by atoms with Gasteiger partial charge in [0.1, 0.15) is 5.41 Å². The highest BCUT2D eigenvalue weighted by Crippen LogP contribution is 2.51. The van der Waals surface area contributed by atoms with Crippen molar-refractivity contribution >= 4 is 11.6 Å². The molecule has 0 radical (unpaired) electrons. The first-order valence-corrected chi connectivity index (χ1v) is 3.92. The molecule has 0 aliphatic heterocycles. The molecule has 1 rings (SSSR count). The molecule has 1 saturated carbocycles. The molecule has 74 valence electrons. The van der Waals surface area contributed by atoms with Gasteiger partial charge < -0.3 is 15.3 Å². The standard InChI is InChI=1S/C8H12O5/c1-7(2-9,3-10)8(4-11)5(12)6(8)13/h9-11H,2-4H2,1H3. The van der Waals surface area contributed by atoms with Gasteiger partial charge in [0.05, 0.1) is 19.8 Å². The third-order valence-corrected chi connectivity index (χ3v) is 2.88. The molecule has 0 aromatic carbocycles. The zero-order chi connectivity index (χ0) is 10.3. The fraction of sp³-hybridized carbons (Fsp3) is 0.750. The van der Waals surface area contributed by atoms with E-state index in [1.165, 1.54) is 6.92 Å². The van der Waals surface area contributed by atoms with E-state index in [9.17, 15) is 9.59 Å². The molecule has 0 amide bonds. The van der Waals surface area contributed by atoms with Crippen molar-refractivity contribution in [2.45, 2.75) is 6.92 Å². The highest BCUT2D eigenvalue weighted by Gasteiger charge is 2.73. The number of ketones is 2. The molecule has 5 nitrogen and oxygen atoms in total. The van der Waals surface area contributed by atoms with E-state index >= 15 is 0 Å². The van der Waals surface area contributed by atoms with Crippen molar-refractivity contribution in [3.8, 4) is 0 Å². The van der Waals surface area contributed by atoms with E-state index < -0.39 is 42.2 Å². The Hall–Kier alpha value is -0.780. The van der Waals surface area contributed by atoms with Gasteiger partial charge in [-0.25, -0.2) is 0 Å². The van der Waals surface area contributed by atoms with Gasteiger partial charge in [-0.3, -0.25) is 9.59 Å². The number of carbonyl (C=O) groups is 2. The molecule has 13 heavy (non-hydrogen) atoms. The van der Waals surface area contributed by atoms with Crippen LogP contribution in [0.15, 0.2) is 0 Å². The maximum atomic E-state index is 11.0. The van der Waals surface area contributed by atoms with E-state index in [1.54, 1.807) is 0 Å². The smallest absolute Gasteiger partial charge is 0.216 e. The van der Waals surface area contributed by atoms with Crippen molar-refractivity contribution in [2.24, 2.45) is 10.8 Å². The topological polar surface area (TPSA) is 94.8 Å². The summed E-state index contributed by atoms with van der Waals surface area (Å²) in [5.74, 6) is -1.42. The highest BCUT2D eigenvalue weighted by molar-refractivity contribution is 6.63. The molecule has 0 bridgehead atoms. The SMILES string of the molecule is CC(CO)(CO)C1(CO)C(=O)C1=O. The van der Waals surface area contributed by atoms with Crippen LogP contribution in [0.3, 0.4) is 0 Å². The molecule has 0 saturated heterocycles. The first kappa shape index (κ1) is 10.3. The van der Waals surface area contributed by atoms with Crippen LogP contribution in [0, 0.1) is 10.8 Å². The molecule has 0 atom stereocenters. The lowest BCUT2D eigenvalue weighted by Gasteiger charge is -2.29. The second-order valence-corrected chi connectivity index (χ2v) is 3.60. The van der Waals surface area contributed by atoms with Gasteiger partial charge in [0.2, 0.25) is 11.6 Å². The number of Topliss-reactive ketones (excluding diaryl/α,β-unsaturated/α-hetero) is 2. The quantitative estimate of drug-likeness (QED) is 0.354. The highest BCUT2D eigenvalue weighted by atomic mass is 16.3. The molecule has 1 fully saturated rings. The summed E-state index contributed by atoms with van der Waals surface area (Å²) in [5.41, 5.74) is -2.81. The minimum absolute atomic E-state index is 0.512. The average molecular weight is 188 g/mol. The minimum atomic E-state index is -1.56. The first-order valence-electron chi connectivity index (χ1n) is 3.92. The van der Waals surface area contributed by atoms with Gasteiger partial charge in [-0.2, -0.15) is 0 Å². The van der Waals surface area contributed by atoms with Gasteiger partial charge in [-0.1, -0.05) is 6.92 Å². The zero-order valence-electron chi connectivity index (χ0n) is 7.28. The van der Waals surface area contributed by atoms with Crippen molar-refractivity contribution in [3.05, 3.63) is 0 Å². The van der Waals surface area contributed by atoms with Crippen LogP contribution in [0.1, 0.15) is 6.92 Å². The number of aliphatic hydroxyl groups is 3. The van der Waals surface area contributed by atoms with Crippen LogP contribution in [-0.2, 0) is 9.59 Å². The predicted molar refractivity (Wildman–Crippen MR) is 41.8 cm³/mol. The second-order valence-electron chi connectivity index (χ2n) is 3.60. The molecule has 1 aliphatic carbocycles. The molecule has 1 aliphatic rings. The second kappa shape index (κ2) is 2.87. The molecule has 0 unspecified atom stereocenters. The van der Waals surface area contributed by atoms with Crippen LogP contribution in [-0.4, -0.2) is 46.7 Å². The minimum Gasteiger partial charge on any atom is -0.396 e. The van der Waals surface area contributed by atoms with E-state index in [1.807, 2.05) is 0 Å². The summed E-state index contributed by atoms with van der Waals surface area (Å²) in [5, 5.41) is 26.8. The summed E-state index contributed by atoms with van der Waals surface area (Å²) >= 11 is 0. The zero-order valence-corrected chi connectivity index (χ0v) is 7.28. The summed E-state index contributed by atoms with van der Waals surface area (Å²) < 4.78 is 0. The van der Waals surface area contributed by atoms with Gasteiger partial charge in [0.25, 0.3) is 0 Å². The predicted octanol–water partition coefficient (Wildman–Crippen LogP) is -1.89. The normalized spacial score (nSPS) is 20.6. The fourth-order valence-electron chi connectivity index (χ4n) is 1.47. The Morgan fingerprint density at radius 3 is 1.62 bits per heavy atom. The van der Waals surface area contributed by atoms with Crippen molar-refractivity contribution in [3.63, 3.8) is 0 Å². The molecule has 0 heterocycles. The van der Waals surface area contributed by atoms with Crippen LogP contribution in [0.5, 0.6) is 0 Å². The lowest BCUT2D eigenvalue weighted by atomic mass is 9.75. The van der Waals surface area contributed by atoms with E-state index in [0.29, 0.717) is 0 Å². The number of hydrogen-bond acceptors (Lipinski definition) is 5. The largest absolute Gasteiger partial charge is 0.396 e. The molecule has 0 aromatic rings. The van der Waals surface area contributed by atoms with Crippen LogP contribution >= 0.6 is 0 Å².